The lowest BCUT2D eigenvalue weighted by Crippen LogP contribution is -2.60. The maximum Gasteiger partial charge on any atom is 0.245 e. The van der Waals surface area contributed by atoms with Crippen LogP contribution < -0.4 is 27.0 Å². The molecule has 2 aromatic rings. The van der Waals surface area contributed by atoms with Crippen molar-refractivity contribution < 1.29 is 43.0 Å². The Kier molecular flexibility index (Phi) is 24.9. The van der Waals surface area contributed by atoms with Gasteiger partial charge in [-0.05, 0) is 68.4 Å². The molecule has 6 N–H and O–H groups in total. The summed E-state index contributed by atoms with van der Waals surface area (Å²) in [4.78, 5) is 105. The van der Waals surface area contributed by atoms with Gasteiger partial charge in [0, 0.05) is 53.4 Å². The number of hydrogen-bond acceptors (Lipinski definition) is 12. The lowest BCUT2D eigenvalue weighted by atomic mass is 9.89. The fourth-order valence-corrected chi connectivity index (χ4v) is 10.2. The number of thiazole rings is 1. The molecular weight excluding hydrogens is 915 g/mol. The van der Waals surface area contributed by atoms with Gasteiger partial charge < -0.3 is 51.2 Å². The average Bonchev–Trinajstić information content (AvgIpc) is 4.05. The molecule has 3 rings (SSSR count). The Labute approximate surface area is 420 Å². The van der Waals surface area contributed by atoms with E-state index < -0.39 is 66.6 Å². The van der Waals surface area contributed by atoms with Crippen molar-refractivity contribution in [3.8, 4) is 0 Å². The number of likely N-dealkylation sites (tertiary alicyclic amines) is 1. The predicted molar refractivity (Wildman–Crippen MR) is 271 cm³/mol. The van der Waals surface area contributed by atoms with Crippen molar-refractivity contribution >= 4 is 52.7 Å². The van der Waals surface area contributed by atoms with Crippen molar-refractivity contribution in [2.45, 2.75) is 155 Å². The minimum absolute atomic E-state index is 0.0450. The van der Waals surface area contributed by atoms with Crippen LogP contribution in [0.2, 0.25) is 0 Å². The predicted octanol–water partition coefficient (Wildman–Crippen LogP) is 3.84. The first-order valence-corrected chi connectivity index (χ1v) is 25.8. The molecule has 0 spiro atoms. The maximum atomic E-state index is 14.7. The van der Waals surface area contributed by atoms with Gasteiger partial charge in [0.25, 0.3) is 0 Å². The number of nitrogens with one attached hydrogen (secondary N) is 4. The summed E-state index contributed by atoms with van der Waals surface area (Å²) in [5.74, 6) is -4.24. The Bertz CT molecular complexity index is 1970. The summed E-state index contributed by atoms with van der Waals surface area (Å²) >= 11 is 1.48. The van der Waals surface area contributed by atoms with Crippen LogP contribution in [0.1, 0.15) is 117 Å². The quantitative estimate of drug-likeness (QED) is 0.0735. The molecule has 1 fully saturated rings. The number of methoxy groups -OCH3 is 2. The summed E-state index contributed by atoms with van der Waals surface area (Å²) in [6.45, 7) is 14.9. The van der Waals surface area contributed by atoms with E-state index in [2.05, 4.69) is 26.3 Å². The van der Waals surface area contributed by atoms with E-state index >= 15 is 0 Å². The fraction of sp³-hybridized carbons (Fsp3) is 0.686. The lowest BCUT2D eigenvalue weighted by molar-refractivity contribution is -0.148. The van der Waals surface area contributed by atoms with E-state index in [0.717, 1.165) is 17.0 Å². The van der Waals surface area contributed by atoms with E-state index in [4.69, 9.17) is 15.2 Å². The zero-order chi connectivity index (χ0) is 52.2. The second kappa shape index (κ2) is 29.4. The third kappa shape index (κ3) is 16.8. The smallest absolute Gasteiger partial charge is 0.245 e. The first-order chi connectivity index (χ1) is 33.2. The minimum atomic E-state index is -1.01. The number of rotatable bonds is 29. The van der Waals surface area contributed by atoms with Crippen LogP contribution >= 0.6 is 11.3 Å². The Balaban J connectivity index is 1.76. The summed E-state index contributed by atoms with van der Waals surface area (Å²) < 4.78 is 12.1. The highest BCUT2D eigenvalue weighted by Gasteiger charge is 2.44. The Hall–Kier alpha value is -4.98. The third-order valence-corrected chi connectivity index (χ3v) is 14.5. The van der Waals surface area contributed by atoms with Crippen LogP contribution in [0.15, 0.2) is 41.9 Å². The molecule has 1 aromatic heterocycles. The van der Waals surface area contributed by atoms with Crippen molar-refractivity contribution in [1.29, 1.82) is 0 Å². The SMILES string of the molecule is CC[C@H](C)[C@@H]([C@@H](CC(=O)N1CCC[C@H]1[C@H](OC)C(C)C(=O)N[C@@H](Cc1ccccc1)c1nccs1)OC)N(C)C(=O)[C@@H](NC(=O)C(C(C)C)N(C)C(=O)CNC(=O)[C@H](CCCCN)NC(C)=O)C(C)C. The van der Waals surface area contributed by atoms with E-state index in [1.165, 1.54) is 37.3 Å². The van der Waals surface area contributed by atoms with Crippen molar-refractivity contribution in [3.05, 3.63) is 52.5 Å². The van der Waals surface area contributed by atoms with Crippen LogP contribution in [0.3, 0.4) is 0 Å². The molecule has 0 saturated carbocycles. The molecule has 0 aliphatic carbocycles. The first kappa shape index (κ1) is 59.3. The molecule has 0 radical (unpaired) electrons. The standard InChI is InChI=1S/C51H83N9O9S/c1-13-33(6)45(59(10)51(67)43(31(2)3)57-49(66)44(32(4)5)58(9)42(63)30-54-48(65)37(55-35(8)61)22-17-18-24-52)40(68-11)29-41(62)60-26-19-23-39(60)46(69-12)34(7)47(64)56-38(50-53-25-27-70-50)28-36-20-15-14-16-21-36/h14-16,20-21,25,27,31-34,37-40,43-46H,13,17-19,22-24,26,28-30,52H2,1-12H3,(H,54,65)(H,55,61)(H,56,64)(H,57,66)/t33-,34?,37-,38-,39-,40+,43-,44?,45-,46+/m0/s1. The van der Waals surface area contributed by atoms with Crippen LogP contribution in [0.25, 0.3) is 0 Å². The highest BCUT2D eigenvalue weighted by atomic mass is 32.1. The monoisotopic (exact) mass is 998 g/mol. The Morgan fingerprint density at radius 1 is 0.886 bits per heavy atom. The average molecular weight is 998 g/mol. The molecule has 7 amide bonds. The van der Waals surface area contributed by atoms with Crippen LogP contribution in [-0.4, -0.2) is 151 Å². The van der Waals surface area contributed by atoms with Crippen LogP contribution in [0, 0.1) is 23.7 Å². The normalized spacial score (nSPS) is 17.6. The van der Waals surface area contributed by atoms with Gasteiger partial charge in [-0.2, -0.15) is 0 Å². The second-order valence-corrected chi connectivity index (χ2v) is 20.3. The summed E-state index contributed by atoms with van der Waals surface area (Å²) in [5, 5.41) is 14.1. The molecule has 1 aliphatic rings. The molecule has 18 nitrogen and oxygen atoms in total. The van der Waals surface area contributed by atoms with Crippen LogP contribution in [0.5, 0.6) is 0 Å². The third-order valence-electron chi connectivity index (χ3n) is 13.6. The number of ether oxygens (including phenoxy) is 2. The molecule has 2 unspecified atom stereocenters. The number of nitrogens with two attached hydrogens (primary N) is 1. The number of unbranched alkanes of at least 4 members (excludes halogenated alkanes) is 1. The molecule has 392 valence electrons. The van der Waals surface area contributed by atoms with Crippen molar-refractivity contribution in [2.75, 3.05) is 47.9 Å². The molecule has 70 heavy (non-hydrogen) atoms. The van der Waals surface area contributed by atoms with Gasteiger partial charge in [-0.25, -0.2) is 4.98 Å². The van der Waals surface area contributed by atoms with Crippen LogP contribution in [0.4, 0.5) is 0 Å². The van der Waals surface area contributed by atoms with Gasteiger partial charge in [0.05, 0.1) is 49.2 Å². The molecule has 10 atom stereocenters. The van der Waals surface area contributed by atoms with Gasteiger partial charge in [-0.1, -0.05) is 85.2 Å². The van der Waals surface area contributed by atoms with E-state index in [9.17, 15) is 33.6 Å². The van der Waals surface area contributed by atoms with Gasteiger partial charge in [0.1, 0.15) is 23.1 Å². The summed E-state index contributed by atoms with van der Waals surface area (Å²) in [6, 6.07) is 5.77. The number of amides is 7. The van der Waals surface area contributed by atoms with E-state index in [1.54, 1.807) is 44.0 Å². The van der Waals surface area contributed by atoms with Gasteiger partial charge in [0.2, 0.25) is 41.4 Å². The summed E-state index contributed by atoms with van der Waals surface area (Å²) in [6.07, 6.45) is 4.56. The molecule has 1 aromatic carbocycles. The number of carbonyl (C=O) groups excluding carboxylic acids is 7. The second-order valence-electron chi connectivity index (χ2n) is 19.4. The van der Waals surface area contributed by atoms with Crippen molar-refractivity contribution in [2.24, 2.45) is 29.4 Å². The largest absolute Gasteiger partial charge is 0.379 e. The number of hydrogen-bond donors (Lipinski definition) is 5. The fourth-order valence-electron chi connectivity index (χ4n) is 9.54. The highest BCUT2D eigenvalue weighted by Crippen LogP contribution is 2.31. The summed E-state index contributed by atoms with van der Waals surface area (Å²) in [7, 11) is 6.23. The zero-order valence-electron chi connectivity index (χ0n) is 43.7. The number of nitrogens with zero attached hydrogens (tertiary/aromatic N) is 4. The topological polar surface area (TPSA) is 235 Å². The van der Waals surface area contributed by atoms with E-state index in [0.29, 0.717) is 51.6 Å². The van der Waals surface area contributed by atoms with Gasteiger partial charge in [0.15, 0.2) is 0 Å². The van der Waals surface area contributed by atoms with Crippen molar-refractivity contribution in [3.63, 3.8) is 0 Å². The number of benzene rings is 1. The molecule has 19 heteroatoms. The van der Waals surface area contributed by atoms with Gasteiger partial charge >= 0.3 is 0 Å². The molecule has 1 saturated heterocycles. The maximum absolute atomic E-state index is 14.7. The first-order valence-electron chi connectivity index (χ1n) is 24.9. The highest BCUT2D eigenvalue weighted by molar-refractivity contribution is 7.09. The van der Waals surface area contributed by atoms with Gasteiger partial charge in [-0.15, -0.1) is 11.3 Å². The summed E-state index contributed by atoms with van der Waals surface area (Å²) in [5.41, 5.74) is 6.66. The molecular formula is C51H83N9O9S. The Morgan fingerprint density at radius 2 is 1.57 bits per heavy atom. The Morgan fingerprint density at radius 3 is 2.13 bits per heavy atom. The van der Waals surface area contributed by atoms with E-state index in [1.807, 2.05) is 70.3 Å². The van der Waals surface area contributed by atoms with Gasteiger partial charge in [-0.3, -0.25) is 33.6 Å². The minimum Gasteiger partial charge on any atom is -0.379 e. The number of carbonyl (C=O) groups is 7. The number of aromatic nitrogens is 1. The number of likely N-dealkylation sites (N-methyl/N-ethyl adjacent to an activating group) is 2. The lowest BCUT2D eigenvalue weighted by Gasteiger charge is -2.41. The van der Waals surface area contributed by atoms with Crippen molar-refractivity contribution in [1.82, 2.24) is 41.0 Å². The molecule has 0 bridgehead atoms. The van der Waals surface area contributed by atoms with E-state index in [-0.39, 0.29) is 59.9 Å². The molecule has 1 aliphatic heterocycles. The molecule has 2 heterocycles. The van der Waals surface area contributed by atoms with Crippen LogP contribution in [-0.2, 0) is 49.5 Å². The zero-order valence-corrected chi connectivity index (χ0v) is 44.5.